The third-order valence-electron chi connectivity index (χ3n) is 3.71. The Morgan fingerprint density at radius 1 is 1.29 bits per heavy atom. The summed E-state index contributed by atoms with van der Waals surface area (Å²) in [6.07, 6.45) is 3.07. The molecule has 0 radical (unpaired) electrons. The van der Waals surface area contributed by atoms with E-state index in [0.717, 1.165) is 32.4 Å². The molecule has 0 bridgehead atoms. The summed E-state index contributed by atoms with van der Waals surface area (Å²) in [6, 6.07) is 5.08. The maximum Gasteiger partial charge on any atom is 0.387 e. The van der Waals surface area contributed by atoms with Gasteiger partial charge in [-0.1, -0.05) is 0 Å². The van der Waals surface area contributed by atoms with Crippen molar-refractivity contribution in [2.45, 2.75) is 31.9 Å². The molecule has 1 saturated heterocycles. The van der Waals surface area contributed by atoms with Crippen LogP contribution < -0.4 is 14.8 Å². The van der Waals surface area contributed by atoms with Crippen LogP contribution in [0.15, 0.2) is 18.2 Å². The lowest BCUT2D eigenvalue weighted by Crippen LogP contribution is -2.23. The first-order chi connectivity index (χ1) is 10.1. The molecule has 0 aliphatic carbocycles. The van der Waals surface area contributed by atoms with Crippen molar-refractivity contribution < 1.29 is 18.3 Å². The van der Waals surface area contributed by atoms with Crippen molar-refractivity contribution in [1.82, 2.24) is 4.90 Å². The van der Waals surface area contributed by atoms with Crippen molar-refractivity contribution in [3.8, 4) is 11.5 Å². The SMILES string of the molecule is COc1ccc(OC(F)F)c(NC2CCCN(C)CC2)c1. The van der Waals surface area contributed by atoms with Gasteiger partial charge in [-0.25, -0.2) is 0 Å². The second kappa shape index (κ2) is 7.45. The average Bonchev–Trinajstić information content (AvgIpc) is 2.65. The molecule has 4 nitrogen and oxygen atoms in total. The van der Waals surface area contributed by atoms with Crippen LogP contribution in [0, 0.1) is 0 Å². The maximum absolute atomic E-state index is 12.5. The summed E-state index contributed by atoms with van der Waals surface area (Å²) >= 11 is 0. The molecule has 1 aliphatic rings. The summed E-state index contributed by atoms with van der Waals surface area (Å²) in [5.74, 6) is 0.772. The van der Waals surface area contributed by atoms with Crippen LogP contribution in [0.25, 0.3) is 0 Å². The lowest BCUT2D eigenvalue weighted by Gasteiger charge is -2.21. The molecule has 1 unspecified atom stereocenters. The van der Waals surface area contributed by atoms with Gasteiger partial charge in [-0.15, -0.1) is 0 Å². The van der Waals surface area contributed by atoms with Gasteiger partial charge in [0, 0.05) is 12.1 Å². The highest BCUT2D eigenvalue weighted by atomic mass is 19.3. The second-order valence-corrected chi connectivity index (χ2v) is 5.32. The lowest BCUT2D eigenvalue weighted by molar-refractivity contribution is -0.0494. The van der Waals surface area contributed by atoms with Crippen molar-refractivity contribution in [3.63, 3.8) is 0 Å². The van der Waals surface area contributed by atoms with E-state index in [1.807, 2.05) is 0 Å². The van der Waals surface area contributed by atoms with Crippen molar-refractivity contribution in [2.24, 2.45) is 0 Å². The molecule has 1 heterocycles. The van der Waals surface area contributed by atoms with Gasteiger partial charge in [-0.3, -0.25) is 0 Å². The largest absolute Gasteiger partial charge is 0.497 e. The molecule has 0 saturated carbocycles. The highest BCUT2D eigenvalue weighted by Gasteiger charge is 2.18. The molecule has 1 fully saturated rings. The van der Waals surface area contributed by atoms with Crippen LogP contribution in [0.4, 0.5) is 14.5 Å². The molecule has 1 aromatic carbocycles. The standard InChI is InChI=1S/C15H22F2N2O2/c1-19-8-3-4-11(7-9-19)18-13-10-12(20-2)5-6-14(13)21-15(16)17/h5-6,10-11,15,18H,3-4,7-9H2,1-2H3. The van der Waals surface area contributed by atoms with E-state index in [9.17, 15) is 8.78 Å². The third kappa shape index (κ3) is 4.74. The monoisotopic (exact) mass is 300 g/mol. The average molecular weight is 300 g/mol. The van der Waals surface area contributed by atoms with Gasteiger partial charge in [-0.2, -0.15) is 8.78 Å². The molecule has 21 heavy (non-hydrogen) atoms. The fourth-order valence-electron chi connectivity index (χ4n) is 2.55. The van der Waals surface area contributed by atoms with Crippen LogP contribution in [0.1, 0.15) is 19.3 Å². The number of rotatable bonds is 5. The second-order valence-electron chi connectivity index (χ2n) is 5.32. The van der Waals surface area contributed by atoms with Crippen LogP contribution in [-0.4, -0.2) is 44.8 Å². The Hall–Kier alpha value is -1.56. The smallest absolute Gasteiger partial charge is 0.387 e. The zero-order chi connectivity index (χ0) is 15.2. The fourth-order valence-corrected chi connectivity index (χ4v) is 2.55. The summed E-state index contributed by atoms with van der Waals surface area (Å²) in [5, 5.41) is 3.33. The Morgan fingerprint density at radius 3 is 2.81 bits per heavy atom. The fraction of sp³-hybridized carbons (Fsp3) is 0.600. The normalized spacial score (nSPS) is 20.1. The first-order valence-corrected chi connectivity index (χ1v) is 7.16. The van der Waals surface area contributed by atoms with E-state index in [1.165, 1.54) is 6.07 Å². The molecular weight excluding hydrogens is 278 g/mol. The van der Waals surface area contributed by atoms with Crippen molar-refractivity contribution in [2.75, 3.05) is 32.6 Å². The number of halogens is 2. The quantitative estimate of drug-likeness (QED) is 0.905. The third-order valence-corrected chi connectivity index (χ3v) is 3.71. The van der Waals surface area contributed by atoms with Gasteiger partial charge in [-0.05, 0) is 51.5 Å². The minimum absolute atomic E-state index is 0.156. The highest BCUT2D eigenvalue weighted by Crippen LogP contribution is 2.32. The zero-order valence-electron chi connectivity index (χ0n) is 12.4. The van der Waals surface area contributed by atoms with Gasteiger partial charge >= 0.3 is 6.61 Å². The number of alkyl halides is 2. The molecule has 1 atom stereocenters. The van der Waals surface area contributed by atoms with Crippen molar-refractivity contribution >= 4 is 5.69 Å². The van der Waals surface area contributed by atoms with Gasteiger partial charge in [0.05, 0.1) is 12.8 Å². The molecule has 1 N–H and O–H groups in total. The summed E-state index contributed by atoms with van der Waals surface area (Å²) in [4.78, 5) is 2.28. The van der Waals surface area contributed by atoms with Gasteiger partial charge in [0.15, 0.2) is 0 Å². The maximum atomic E-state index is 12.5. The van der Waals surface area contributed by atoms with E-state index in [4.69, 9.17) is 4.74 Å². The van der Waals surface area contributed by atoms with Crippen molar-refractivity contribution in [1.29, 1.82) is 0 Å². The summed E-state index contributed by atoms with van der Waals surface area (Å²) in [7, 11) is 3.65. The molecular formula is C15H22F2N2O2. The van der Waals surface area contributed by atoms with Gasteiger partial charge in [0.25, 0.3) is 0 Å². The van der Waals surface area contributed by atoms with Gasteiger partial charge in [0.2, 0.25) is 0 Å². The van der Waals surface area contributed by atoms with Crippen LogP contribution in [0.5, 0.6) is 11.5 Å². The number of hydrogen-bond donors (Lipinski definition) is 1. The highest BCUT2D eigenvalue weighted by molar-refractivity contribution is 5.60. The molecule has 0 amide bonds. The number of ether oxygens (including phenoxy) is 2. The number of methoxy groups -OCH3 is 1. The molecule has 118 valence electrons. The van der Waals surface area contributed by atoms with E-state index in [2.05, 4.69) is 22.0 Å². The Bertz CT molecular complexity index is 457. The predicted octanol–water partition coefficient (Wildman–Crippen LogP) is 3.19. The van der Waals surface area contributed by atoms with Crippen LogP contribution >= 0.6 is 0 Å². The molecule has 1 aromatic rings. The van der Waals surface area contributed by atoms with Crippen LogP contribution in [-0.2, 0) is 0 Å². The lowest BCUT2D eigenvalue weighted by atomic mass is 10.1. The molecule has 6 heteroatoms. The Morgan fingerprint density at radius 2 is 2.10 bits per heavy atom. The number of nitrogens with zero attached hydrogens (tertiary/aromatic N) is 1. The Labute approximate surface area is 124 Å². The Balaban J connectivity index is 2.12. The van der Waals surface area contributed by atoms with Crippen LogP contribution in [0.3, 0.4) is 0 Å². The first-order valence-electron chi connectivity index (χ1n) is 7.16. The minimum Gasteiger partial charge on any atom is -0.497 e. The number of benzene rings is 1. The number of anilines is 1. The molecule has 1 aliphatic heterocycles. The van der Waals surface area contributed by atoms with E-state index in [-0.39, 0.29) is 11.8 Å². The molecule has 0 spiro atoms. The van der Waals surface area contributed by atoms with Gasteiger partial charge < -0.3 is 19.7 Å². The first kappa shape index (κ1) is 15.8. The predicted molar refractivity (Wildman–Crippen MR) is 78.4 cm³/mol. The number of likely N-dealkylation sites (tertiary alicyclic amines) is 1. The minimum atomic E-state index is -2.83. The summed E-state index contributed by atoms with van der Waals surface area (Å²) in [5.41, 5.74) is 0.559. The van der Waals surface area contributed by atoms with Gasteiger partial charge in [0.1, 0.15) is 11.5 Å². The molecule has 2 rings (SSSR count). The van der Waals surface area contributed by atoms with Crippen LogP contribution in [0.2, 0.25) is 0 Å². The number of nitrogens with one attached hydrogen (secondary N) is 1. The topological polar surface area (TPSA) is 33.7 Å². The summed E-state index contributed by atoms with van der Waals surface area (Å²) in [6.45, 7) is -0.775. The summed E-state index contributed by atoms with van der Waals surface area (Å²) < 4.78 is 34.7. The van der Waals surface area contributed by atoms with E-state index >= 15 is 0 Å². The zero-order valence-corrected chi connectivity index (χ0v) is 12.4. The van der Waals surface area contributed by atoms with Crippen molar-refractivity contribution in [3.05, 3.63) is 18.2 Å². The van der Waals surface area contributed by atoms with E-state index in [0.29, 0.717) is 11.4 Å². The van der Waals surface area contributed by atoms with E-state index < -0.39 is 6.61 Å². The Kier molecular flexibility index (Phi) is 5.61. The number of hydrogen-bond acceptors (Lipinski definition) is 4. The van der Waals surface area contributed by atoms with E-state index in [1.54, 1.807) is 19.2 Å². The molecule has 0 aromatic heterocycles.